The first-order valence-corrected chi connectivity index (χ1v) is 10.1. The predicted octanol–water partition coefficient (Wildman–Crippen LogP) is 8.25. The number of aryl methyl sites for hydroxylation is 3. The van der Waals surface area contributed by atoms with E-state index in [0.717, 1.165) is 0 Å². The highest BCUT2D eigenvalue weighted by Crippen LogP contribution is 2.45. The Balaban J connectivity index is 0.000000448. The van der Waals surface area contributed by atoms with Gasteiger partial charge in [0.15, 0.2) is 0 Å². The second-order valence-corrected chi connectivity index (χ2v) is 7.42. The molecule has 2 aromatic carbocycles. The van der Waals surface area contributed by atoms with E-state index in [-0.39, 0.29) is 0 Å². The van der Waals surface area contributed by atoms with E-state index in [1.807, 2.05) is 50.4 Å². The highest BCUT2D eigenvalue weighted by atomic mass is 32.1. The van der Waals surface area contributed by atoms with Crippen LogP contribution < -0.4 is 0 Å². The third-order valence-electron chi connectivity index (χ3n) is 3.68. The van der Waals surface area contributed by atoms with Crippen LogP contribution in [0.15, 0.2) is 30.3 Å². The minimum atomic E-state index is 1.35. The molecule has 0 radical (unpaired) electrons. The molecule has 0 saturated carbocycles. The Morgan fingerprint density at radius 3 is 1.96 bits per heavy atom. The van der Waals surface area contributed by atoms with Crippen LogP contribution in [0.4, 0.5) is 0 Å². The lowest BCUT2D eigenvalue weighted by Crippen LogP contribution is -1.76. The lowest BCUT2D eigenvalue weighted by atomic mass is 10.1. The van der Waals surface area contributed by atoms with Crippen LogP contribution in [0.2, 0.25) is 0 Å². The fourth-order valence-corrected chi connectivity index (χ4v) is 5.87. The molecule has 0 aliphatic carbocycles. The van der Waals surface area contributed by atoms with E-state index >= 15 is 0 Å². The van der Waals surface area contributed by atoms with E-state index in [0.29, 0.717) is 0 Å². The van der Waals surface area contributed by atoms with Gasteiger partial charge in [-0.05, 0) is 49.6 Å². The third-order valence-corrected chi connectivity index (χ3v) is 6.15. The van der Waals surface area contributed by atoms with E-state index in [2.05, 4.69) is 51.1 Å². The van der Waals surface area contributed by atoms with Gasteiger partial charge in [-0.1, -0.05) is 45.9 Å². The first-order chi connectivity index (χ1) is 11.1. The van der Waals surface area contributed by atoms with Crippen LogP contribution in [-0.4, -0.2) is 0 Å². The number of hydrogen-bond acceptors (Lipinski definition) is 2. The van der Waals surface area contributed by atoms with Gasteiger partial charge in [-0.25, -0.2) is 0 Å². The molecule has 0 aliphatic heterocycles. The zero-order valence-electron chi connectivity index (χ0n) is 15.2. The highest BCUT2D eigenvalue weighted by molar-refractivity contribution is 7.36. The van der Waals surface area contributed by atoms with E-state index in [1.165, 1.54) is 46.3 Å². The van der Waals surface area contributed by atoms with Crippen LogP contribution in [0.25, 0.3) is 29.6 Å². The summed E-state index contributed by atoms with van der Waals surface area (Å²) >= 11 is 3.88. The summed E-state index contributed by atoms with van der Waals surface area (Å²) in [6.45, 7) is 14.6. The molecule has 4 aromatic rings. The van der Waals surface area contributed by atoms with Crippen molar-refractivity contribution in [2.24, 2.45) is 0 Å². The number of fused-ring (bicyclic) bond motifs is 5. The Morgan fingerprint density at radius 1 is 0.652 bits per heavy atom. The molecule has 2 heterocycles. The molecule has 0 amide bonds. The standard InChI is InChI=1S/C17H14S2.2C2H6/c1-9-4-5-12-13(7-9)18-17-15-11(3)6-10(2)8-14(15)19-16(12)17;2*1-2/h4-8H,1-3H3;2*1-2H3. The molecule has 122 valence electrons. The molecular formula is C21H26S2. The number of hydrogen-bond donors (Lipinski definition) is 0. The summed E-state index contributed by atoms with van der Waals surface area (Å²) < 4.78 is 5.78. The average molecular weight is 343 g/mol. The van der Waals surface area contributed by atoms with Crippen molar-refractivity contribution in [1.29, 1.82) is 0 Å². The van der Waals surface area contributed by atoms with E-state index in [9.17, 15) is 0 Å². The van der Waals surface area contributed by atoms with E-state index in [1.54, 1.807) is 0 Å². The number of rotatable bonds is 0. The summed E-state index contributed by atoms with van der Waals surface area (Å²) in [7, 11) is 0. The molecule has 0 spiro atoms. The summed E-state index contributed by atoms with van der Waals surface area (Å²) in [6.07, 6.45) is 0. The molecule has 2 aromatic heterocycles. The van der Waals surface area contributed by atoms with Crippen molar-refractivity contribution in [1.82, 2.24) is 0 Å². The third kappa shape index (κ3) is 3.15. The summed E-state index contributed by atoms with van der Waals surface area (Å²) in [4.78, 5) is 0. The van der Waals surface area contributed by atoms with Crippen molar-refractivity contribution in [3.8, 4) is 0 Å². The lowest BCUT2D eigenvalue weighted by Gasteiger charge is -1.98. The summed E-state index contributed by atoms with van der Waals surface area (Å²) in [5, 5.41) is 2.88. The minimum absolute atomic E-state index is 1.35. The Labute approximate surface area is 147 Å². The van der Waals surface area contributed by atoms with Gasteiger partial charge in [0.1, 0.15) is 0 Å². The maximum absolute atomic E-state index is 2.32. The molecule has 0 N–H and O–H groups in total. The van der Waals surface area contributed by atoms with Crippen molar-refractivity contribution < 1.29 is 0 Å². The van der Waals surface area contributed by atoms with Gasteiger partial charge in [-0.15, -0.1) is 22.7 Å². The summed E-state index contributed by atoms with van der Waals surface area (Å²) in [5.74, 6) is 0. The average Bonchev–Trinajstić information content (AvgIpc) is 3.05. The zero-order valence-corrected chi connectivity index (χ0v) is 16.8. The van der Waals surface area contributed by atoms with Gasteiger partial charge in [0.25, 0.3) is 0 Å². The molecule has 2 heteroatoms. The Hall–Kier alpha value is -1.38. The van der Waals surface area contributed by atoms with Gasteiger partial charge in [-0.2, -0.15) is 0 Å². The van der Waals surface area contributed by atoms with Crippen molar-refractivity contribution in [3.05, 3.63) is 47.0 Å². The highest BCUT2D eigenvalue weighted by Gasteiger charge is 2.13. The van der Waals surface area contributed by atoms with E-state index < -0.39 is 0 Å². The first-order valence-electron chi connectivity index (χ1n) is 8.46. The maximum Gasteiger partial charge on any atom is 0.0544 e. The van der Waals surface area contributed by atoms with Gasteiger partial charge in [-0.3, -0.25) is 0 Å². The molecular weight excluding hydrogens is 316 g/mol. The van der Waals surface area contributed by atoms with Crippen molar-refractivity contribution in [3.63, 3.8) is 0 Å². The normalized spacial score (nSPS) is 10.4. The molecule has 0 fully saturated rings. The lowest BCUT2D eigenvalue weighted by molar-refractivity contribution is 1.44. The quantitative estimate of drug-likeness (QED) is 0.302. The Morgan fingerprint density at radius 2 is 1.26 bits per heavy atom. The van der Waals surface area contributed by atoms with Crippen molar-refractivity contribution >= 4 is 52.2 Å². The molecule has 0 atom stereocenters. The van der Waals surface area contributed by atoms with Gasteiger partial charge in [0.2, 0.25) is 0 Å². The second kappa shape index (κ2) is 7.46. The van der Waals surface area contributed by atoms with Gasteiger partial charge in [0, 0.05) is 20.2 Å². The smallest absolute Gasteiger partial charge is 0.0544 e. The van der Waals surface area contributed by atoms with Crippen LogP contribution in [0.1, 0.15) is 44.4 Å². The van der Waals surface area contributed by atoms with Crippen LogP contribution in [0.3, 0.4) is 0 Å². The zero-order chi connectivity index (χ0) is 17.1. The predicted molar refractivity (Wildman–Crippen MR) is 112 cm³/mol. The van der Waals surface area contributed by atoms with Gasteiger partial charge in [0.05, 0.1) is 9.40 Å². The van der Waals surface area contributed by atoms with Crippen LogP contribution in [0.5, 0.6) is 0 Å². The molecule has 0 unspecified atom stereocenters. The first kappa shape index (κ1) is 18.0. The second-order valence-electron chi connectivity index (χ2n) is 5.32. The molecule has 0 bridgehead atoms. The van der Waals surface area contributed by atoms with Gasteiger partial charge < -0.3 is 0 Å². The largest absolute Gasteiger partial charge is 0.134 e. The van der Waals surface area contributed by atoms with Gasteiger partial charge >= 0.3 is 0 Å². The monoisotopic (exact) mass is 342 g/mol. The van der Waals surface area contributed by atoms with Crippen molar-refractivity contribution in [2.45, 2.75) is 48.5 Å². The SMILES string of the molecule is CC.CC.Cc1ccc2c(c1)sc1c2sc2cc(C)cc(C)c21. The van der Waals surface area contributed by atoms with Crippen LogP contribution in [-0.2, 0) is 0 Å². The van der Waals surface area contributed by atoms with Crippen molar-refractivity contribution in [2.75, 3.05) is 0 Å². The maximum atomic E-state index is 2.32. The number of thiophene rings is 2. The molecule has 0 saturated heterocycles. The van der Waals surface area contributed by atoms with Crippen LogP contribution >= 0.6 is 22.7 Å². The fourth-order valence-electron chi connectivity index (χ4n) is 2.86. The Kier molecular flexibility index (Phi) is 5.83. The summed E-state index contributed by atoms with van der Waals surface area (Å²) in [5.41, 5.74) is 4.11. The molecule has 0 aliphatic rings. The van der Waals surface area contributed by atoms with E-state index in [4.69, 9.17) is 0 Å². The fraction of sp³-hybridized carbons (Fsp3) is 0.333. The minimum Gasteiger partial charge on any atom is -0.134 e. The summed E-state index contributed by atoms with van der Waals surface area (Å²) in [6, 6.07) is 11.4. The van der Waals surface area contributed by atoms with Crippen LogP contribution in [0, 0.1) is 20.8 Å². The molecule has 4 rings (SSSR count). The number of benzene rings is 2. The molecule has 23 heavy (non-hydrogen) atoms. The Bertz CT molecular complexity index is 939. The molecule has 0 nitrogen and oxygen atoms in total. The topological polar surface area (TPSA) is 0 Å².